The minimum absolute atomic E-state index is 0.0115. The summed E-state index contributed by atoms with van der Waals surface area (Å²) in [5.41, 5.74) is 3.79. The molecule has 1 aromatic carbocycles. The van der Waals surface area contributed by atoms with Crippen LogP contribution in [0.2, 0.25) is 0 Å². The van der Waals surface area contributed by atoms with Gasteiger partial charge in [-0.3, -0.25) is 14.8 Å². The first-order chi connectivity index (χ1) is 9.65. The molecule has 3 heteroatoms. The summed E-state index contributed by atoms with van der Waals surface area (Å²) in [7, 11) is 0. The van der Waals surface area contributed by atoms with Gasteiger partial charge in [0.15, 0.2) is 5.78 Å². The van der Waals surface area contributed by atoms with Gasteiger partial charge in [0.25, 0.3) is 0 Å². The third-order valence-corrected chi connectivity index (χ3v) is 3.34. The summed E-state index contributed by atoms with van der Waals surface area (Å²) in [4.78, 5) is 21.2. The Hall–Kier alpha value is -2.55. The Bertz CT molecular complexity index is 809. The number of pyridine rings is 2. The van der Waals surface area contributed by atoms with Gasteiger partial charge in [0.2, 0.25) is 0 Å². The van der Waals surface area contributed by atoms with Gasteiger partial charge in [-0.2, -0.15) is 0 Å². The maximum Gasteiger partial charge on any atom is 0.194 e. The topological polar surface area (TPSA) is 42.9 Å². The van der Waals surface area contributed by atoms with Crippen molar-refractivity contribution in [3.8, 4) is 0 Å². The van der Waals surface area contributed by atoms with E-state index >= 15 is 0 Å². The van der Waals surface area contributed by atoms with Crippen molar-refractivity contribution in [3.05, 3.63) is 71.2 Å². The smallest absolute Gasteiger partial charge is 0.194 e. The summed E-state index contributed by atoms with van der Waals surface area (Å²) in [5.74, 6) is -0.0115. The number of rotatable bonds is 2. The molecule has 0 aliphatic rings. The number of aromatic nitrogens is 2. The van der Waals surface area contributed by atoms with E-state index in [0.29, 0.717) is 11.1 Å². The molecule has 3 rings (SSSR count). The monoisotopic (exact) mass is 262 g/mol. The number of fused-ring (bicyclic) bond motifs is 1. The highest BCUT2D eigenvalue weighted by molar-refractivity contribution is 6.11. The van der Waals surface area contributed by atoms with Gasteiger partial charge in [-0.15, -0.1) is 0 Å². The van der Waals surface area contributed by atoms with Gasteiger partial charge in [-0.25, -0.2) is 0 Å². The summed E-state index contributed by atoms with van der Waals surface area (Å²) in [6.45, 7) is 3.78. The van der Waals surface area contributed by atoms with E-state index in [-0.39, 0.29) is 5.78 Å². The molecule has 2 aromatic heterocycles. The zero-order chi connectivity index (χ0) is 14.1. The minimum atomic E-state index is -0.0115. The molecule has 3 aromatic rings. The van der Waals surface area contributed by atoms with Gasteiger partial charge in [0, 0.05) is 34.1 Å². The molecule has 0 aliphatic carbocycles. The van der Waals surface area contributed by atoms with Crippen molar-refractivity contribution in [1.29, 1.82) is 0 Å². The summed E-state index contributed by atoms with van der Waals surface area (Å²) in [6.07, 6.45) is 1.73. The van der Waals surface area contributed by atoms with Gasteiger partial charge in [0.05, 0.1) is 5.52 Å². The van der Waals surface area contributed by atoms with Crippen LogP contribution in [0.1, 0.15) is 27.3 Å². The van der Waals surface area contributed by atoms with Crippen LogP contribution in [0.5, 0.6) is 0 Å². The molecule has 0 unspecified atom stereocenters. The predicted octanol–water partition coefficient (Wildman–Crippen LogP) is 3.48. The van der Waals surface area contributed by atoms with Crippen molar-refractivity contribution < 1.29 is 4.79 Å². The van der Waals surface area contributed by atoms with E-state index in [9.17, 15) is 4.79 Å². The van der Waals surface area contributed by atoms with Crippen molar-refractivity contribution in [2.45, 2.75) is 13.8 Å². The molecular weight excluding hydrogens is 248 g/mol. The van der Waals surface area contributed by atoms with Crippen LogP contribution in [0.3, 0.4) is 0 Å². The van der Waals surface area contributed by atoms with Crippen LogP contribution < -0.4 is 0 Å². The van der Waals surface area contributed by atoms with E-state index in [4.69, 9.17) is 0 Å². The lowest BCUT2D eigenvalue weighted by molar-refractivity contribution is 0.103. The van der Waals surface area contributed by atoms with E-state index in [1.54, 1.807) is 6.20 Å². The summed E-state index contributed by atoms with van der Waals surface area (Å²) >= 11 is 0. The second-order valence-electron chi connectivity index (χ2n) is 4.83. The largest absolute Gasteiger partial charge is 0.289 e. The highest BCUT2D eigenvalue weighted by Gasteiger charge is 2.13. The minimum Gasteiger partial charge on any atom is -0.289 e. The van der Waals surface area contributed by atoms with Crippen LogP contribution in [0, 0.1) is 13.8 Å². The van der Waals surface area contributed by atoms with Gasteiger partial charge in [0.1, 0.15) is 0 Å². The molecule has 98 valence electrons. The number of carbonyl (C=O) groups is 1. The normalized spacial score (nSPS) is 10.7. The van der Waals surface area contributed by atoms with Crippen molar-refractivity contribution in [1.82, 2.24) is 9.97 Å². The van der Waals surface area contributed by atoms with Crippen LogP contribution >= 0.6 is 0 Å². The van der Waals surface area contributed by atoms with E-state index < -0.39 is 0 Å². The summed E-state index contributed by atoms with van der Waals surface area (Å²) in [6, 6.07) is 13.2. The van der Waals surface area contributed by atoms with Crippen molar-refractivity contribution in [2.24, 2.45) is 0 Å². The Balaban J connectivity index is 2.08. The number of nitrogens with zero attached hydrogens (tertiary/aromatic N) is 2. The Kier molecular flexibility index (Phi) is 3.03. The average molecular weight is 262 g/mol. The zero-order valence-electron chi connectivity index (χ0n) is 11.4. The maximum absolute atomic E-state index is 12.6. The Morgan fingerprint density at radius 1 is 1.05 bits per heavy atom. The van der Waals surface area contributed by atoms with E-state index in [1.165, 1.54) is 0 Å². The highest BCUT2D eigenvalue weighted by Crippen LogP contribution is 2.18. The molecule has 0 bridgehead atoms. The molecule has 0 N–H and O–H groups in total. The maximum atomic E-state index is 12.6. The van der Waals surface area contributed by atoms with Gasteiger partial charge in [-0.05, 0) is 38.1 Å². The van der Waals surface area contributed by atoms with Crippen molar-refractivity contribution in [3.63, 3.8) is 0 Å². The molecule has 0 spiro atoms. The molecule has 0 aliphatic heterocycles. The summed E-state index contributed by atoms with van der Waals surface area (Å²) < 4.78 is 0. The molecule has 20 heavy (non-hydrogen) atoms. The second-order valence-corrected chi connectivity index (χ2v) is 4.83. The lowest BCUT2D eigenvalue weighted by atomic mass is 10.0. The van der Waals surface area contributed by atoms with Crippen LogP contribution in [0.4, 0.5) is 0 Å². The van der Waals surface area contributed by atoms with Crippen LogP contribution in [0.15, 0.2) is 48.7 Å². The Labute approximate surface area is 117 Å². The molecular formula is C17H14N2O. The van der Waals surface area contributed by atoms with E-state index in [0.717, 1.165) is 22.3 Å². The SMILES string of the molecule is Cc1ccc(C(=O)c2ccc3cccnc3c2)c(C)n1. The highest BCUT2D eigenvalue weighted by atomic mass is 16.1. The average Bonchev–Trinajstić information content (AvgIpc) is 2.46. The van der Waals surface area contributed by atoms with Crippen molar-refractivity contribution >= 4 is 16.7 Å². The number of aryl methyl sites for hydroxylation is 2. The van der Waals surface area contributed by atoms with Crippen molar-refractivity contribution in [2.75, 3.05) is 0 Å². The number of ketones is 1. The summed E-state index contributed by atoms with van der Waals surface area (Å²) in [5, 5.41) is 1.03. The third kappa shape index (κ3) is 2.18. The lowest BCUT2D eigenvalue weighted by Gasteiger charge is -2.06. The molecule has 0 radical (unpaired) electrons. The predicted molar refractivity (Wildman–Crippen MR) is 78.9 cm³/mol. The first kappa shape index (κ1) is 12.5. The Morgan fingerprint density at radius 2 is 1.90 bits per heavy atom. The molecule has 3 nitrogen and oxygen atoms in total. The standard InChI is InChI=1S/C17H14N2O/c1-11-5-8-15(12(2)19-11)17(20)14-7-6-13-4-3-9-18-16(13)10-14/h3-10H,1-2H3. The molecule has 0 saturated carbocycles. The third-order valence-electron chi connectivity index (χ3n) is 3.34. The fourth-order valence-corrected chi connectivity index (χ4v) is 2.29. The number of benzene rings is 1. The van der Waals surface area contributed by atoms with Crippen LogP contribution in [-0.2, 0) is 0 Å². The van der Waals surface area contributed by atoms with E-state index in [2.05, 4.69) is 9.97 Å². The lowest BCUT2D eigenvalue weighted by Crippen LogP contribution is -2.05. The van der Waals surface area contributed by atoms with Gasteiger partial charge < -0.3 is 0 Å². The molecule has 0 fully saturated rings. The molecule has 0 atom stereocenters. The fourth-order valence-electron chi connectivity index (χ4n) is 2.29. The number of carbonyl (C=O) groups excluding carboxylic acids is 1. The second kappa shape index (κ2) is 4.85. The fraction of sp³-hybridized carbons (Fsp3) is 0.118. The van der Waals surface area contributed by atoms with E-state index in [1.807, 2.05) is 56.3 Å². The molecule has 2 heterocycles. The van der Waals surface area contributed by atoms with Crippen LogP contribution in [-0.4, -0.2) is 15.8 Å². The van der Waals surface area contributed by atoms with Crippen LogP contribution in [0.25, 0.3) is 10.9 Å². The van der Waals surface area contributed by atoms with Gasteiger partial charge >= 0.3 is 0 Å². The van der Waals surface area contributed by atoms with Gasteiger partial charge in [-0.1, -0.05) is 18.2 Å². The molecule has 0 amide bonds. The Morgan fingerprint density at radius 3 is 2.70 bits per heavy atom. The number of hydrogen-bond acceptors (Lipinski definition) is 3. The zero-order valence-corrected chi connectivity index (χ0v) is 11.4. The first-order valence-electron chi connectivity index (χ1n) is 6.49. The quantitative estimate of drug-likeness (QED) is 0.664. The first-order valence-corrected chi connectivity index (χ1v) is 6.49. The molecule has 0 saturated heterocycles. The number of hydrogen-bond donors (Lipinski definition) is 0.